The molecule has 0 bridgehead atoms. The number of aromatic amines is 1. The van der Waals surface area contributed by atoms with Crippen molar-refractivity contribution in [1.29, 1.82) is 0 Å². The number of aromatic nitrogens is 1. The maximum atomic E-state index is 11.4. The highest BCUT2D eigenvalue weighted by Gasteiger charge is 2.15. The molecule has 0 atom stereocenters. The van der Waals surface area contributed by atoms with Gasteiger partial charge in [0.05, 0.1) is 5.56 Å². The van der Waals surface area contributed by atoms with E-state index in [4.69, 9.17) is 0 Å². The largest absolute Gasteiger partial charge is 0.478 e. The Morgan fingerprint density at radius 1 is 1.32 bits per heavy atom. The molecule has 1 aromatic carbocycles. The molecular formula is C18H24N2O2. The predicted octanol–water partition coefficient (Wildman–Crippen LogP) is 3.64. The normalized spacial score (nSPS) is 16.2. The molecule has 22 heavy (non-hydrogen) atoms. The van der Waals surface area contributed by atoms with Crippen molar-refractivity contribution in [3.05, 3.63) is 35.0 Å². The predicted molar refractivity (Wildman–Crippen MR) is 88.6 cm³/mol. The monoisotopic (exact) mass is 300 g/mol. The van der Waals surface area contributed by atoms with Crippen molar-refractivity contribution < 1.29 is 9.90 Å². The van der Waals surface area contributed by atoms with Gasteiger partial charge in [0, 0.05) is 22.6 Å². The van der Waals surface area contributed by atoms with Gasteiger partial charge in [-0.1, -0.05) is 25.3 Å². The van der Waals surface area contributed by atoms with Crippen LogP contribution in [0.25, 0.3) is 10.9 Å². The smallest absolute Gasteiger partial charge is 0.338 e. The first-order valence-corrected chi connectivity index (χ1v) is 8.23. The van der Waals surface area contributed by atoms with E-state index in [2.05, 4.69) is 16.4 Å². The second-order valence-corrected chi connectivity index (χ2v) is 6.35. The van der Waals surface area contributed by atoms with Crippen molar-refractivity contribution >= 4 is 16.9 Å². The molecule has 0 radical (unpaired) electrons. The highest BCUT2D eigenvalue weighted by atomic mass is 16.4. The molecule has 2 aromatic rings. The molecular weight excluding hydrogens is 276 g/mol. The average molecular weight is 300 g/mol. The molecule has 1 saturated carbocycles. The molecule has 4 heteroatoms. The first-order chi connectivity index (χ1) is 10.6. The molecule has 1 aromatic heterocycles. The minimum atomic E-state index is -0.860. The van der Waals surface area contributed by atoms with Crippen LogP contribution in [0.5, 0.6) is 0 Å². The van der Waals surface area contributed by atoms with Gasteiger partial charge in [-0.25, -0.2) is 4.79 Å². The molecule has 0 saturated heterocycles. The van der Waals surface area contributed by atoms with Crippen LogP contribution < -0.4 is 5.32 Å². The Morgan fingerprint density at radius 3 is 2.82 bits per heavy atom. The van der Waals surface area contributed by atoms with Crippen molar-refractivity contribution in [2.75, 3.05) is 6.54 Å². The minimum absolute atomic E-state index is 0.400. The molecule has 1 aliphatic rings. The molecule has 118 valence electrons. The van der Waals surface area contributed by atoms with Crippen LogP contribution in [0.2, 0.25) is 0 Å². The van der Waals surface area contributed by atoms with E-state index < -0.39 is 5.97 Å². The summed E-state index contributed by atoms with van der Waals surface area (Å²) in [4.78, 5) is 14.5. The van der Waals surface area contributed by atoms with Crippen molar-refractivity contribution in [2.24, 2.45) is 0 Å². The molecule has 0 aliphatic heterocycles. The number of carbonyl (C=O) groups is 1. The number of aromatic carboxylic acids is 1. The Kier molecular flexibility index (Phi) is 4.48. The molecule has 1 aliphatic carbocycles. The summed E-state index contributed by atoms with van der Waals surface area (Å²) in [5.74, 6) is -0.860. The van der Waals surface area contributed by atoms with Crippen LogP contribution in [-0.4, -0.2) is 28.6 Å². The minimum Gasteiger partial charge on any atom is -0.478 e. The molecule has 0 spiro atoms. The second kappa shape index (κ2) is 6.53. The fraction of sp³-hybridized carbons (Fsp3) is 0.500. The number of aryl methyl sites for hydroxylation is 1. The van der Waals surface area contributed by atoms with Crippen molar-refractivity contribution in [2.45, 2.75) is 51.5 Å². The van der Waals surface area contributed by atoms with E-state index in [0.717, 1.165) is 29.6 Å². The van der Waals surface area contributed by atoms with Crippen LogP contribution >= 0.6 is 0 Å². The lowest BCUT2D eigenvalue weighted by molar-refractivity contribution is 0.0698. The average Bonchev–Trinajstić information content (AvgIpc) is 2.83. The van der Waals surface area contributed by atoms with Gasteiger partial charge >= 0.3 is 5.97 Å². The number of hydrogen-bond acceptors (Lipinski definition) is 2. The van der Waals surface area contributed by atoms with E-state index in [1.54, 1.807) is 0 Å². The molecule has 1 fully saturated rings. The quantitative estimate of drug-likeness (QED) is 0.790. The van der Waals surface area contributed by atoms with Crippen LogP contribution in [0.4, 0.5) is 0 Å². The van der Waals surface area contributed by atoms with E-state index in [0.29, 0.717) is 11.6 Å². The van der Waals surface area contributed by atoms with Gasteiger partial charge in [-0.2, -0.15) is 0 Å². The number of nitrogens with one attached hydrogen (secondary N) is 2. The fourth-order valence-corrected chi connectivity index (χ4v) is 3.53. The zero-order valence-corrected chi connectivity index (χ0v) is 13.1. The fourth-order valence-electron chi connectivity index (χ4n) is 3.53. The van der Waals surface area contributed by atoms with Gasteiger partial charge < -0.3 is 15.4 Å². The summed E-state index contributed by atoms with van der Waals surface area (Å²) in [5.41, 5.74) is 3.22. The first-order valence-electron chi connectivity index (χ1n) is 8.23. The highest BCUT2D eigenvalue weighted by Crippen LogP contribution is 2.24. The SMILES string of the molecule is Cc1[nH]c2ccc(CCNC3CCCCC3)cc2c1C(=O)O. The topological polar surface area (TPSA) is 65.1 Å². The third-order valence-corrected chi connectivity index (χ3v) is 4.72. The van der Waals surface area contributed by atoms with Crippen molar-refractivity contribution in [3.63, 3.8) is 0 Å². The molecule has 1 heterocycles. The Hall–Kier alpha value is -1.81. The molecule has 4 nitrogen and oxygen atoms in total. The van der Waals surface area contributed by atoms with Crippen LogP contribution in [0.15, 0.2) is 18.2 Å². The van der Waals surface area contributed by atoms with Gasteiger partial charge in [0.25, 0.3) is 0 Å². The Balaban J connectivity index is 1.68. The van der Waals surface area contributed by atoms with Crippen LogP contribution in [0, 0.1) is 6.92 Å². The van der Waals surface area contributed by atoms with E-state index >= 15 is 0 Å². The van der Waals surface area contributed by atoms with Crippen LogP contribution in [-0.2, 0) is 6.42 Å². The van der Waals surface area contributed by atoms with Crippen molar-refractivity contribution in [3.8, 4) is 0 Å². The zero-order chi connectivity index (χ0) is 15.5. The number of carboxylic acid groups (broad SMARTS) is 1. The summed E-state index contributed by atoms with van der Waals surface area (Å²) in [6, 6.07) is 6.77. The third kappa shape index (κ3) is 3.17. The van der Waals surface area contributed by atoms with Crippen molar-refractivity contribution in [1.82, 2.24) is 10.3 Å². The maximum absolute atomic E-state index is 11.4. The van der Waals surface area contributed by atoms with E-state index in [1.165, 1.54) is 37.7 Å². The number of fused-ring (bicyclic) bond motifs is 1. The third-order valence-electron chi connectivity index (χ3n) is 4.72. The lowest BCUT2D eigenvalue weighted by Gasteiger charge is -2.22. The zero-order valence-electron chi connectivity index (χ0n) is 13.1. The maximum Gasteiger partial charge on any atom is 0.338 e. The number of hydrogen-bond donors (Lipinski definition) is 3. The summed E-state index contributed by atoms with van der Waals surface area (Å²) in [7, 11) is 0. The van der Waals surface area contributed by atoms with Gasteiger partial charge in [0.2, 0.25) is 0 Å². The van der Waals surface area contributed by atoms with E-state index in [-0.39, 0.29) is 0 Å². The summed E-state index contributed by atoms with van der Waals surface area (Å²) >= 11 is 0. The van der Waals surface area contributed by atoms with Gasteiger partial charge in [-0.3, -0.25) is 0 Å². The van der Waals surface area contributed by atoms with Gasteiger partial charge in [0.1, 0.15) is 0 Å². The van der Waals surface area contributed by atoms with Crippen LogP contribution in [0.1, 0.15) is 53.7 Å². The van der Waals surface area contributed by atoms with Gasteiger partial charge in [-0.15, -0.1) is 0 Å². The molecule has 3 N–H and O–H groups in total. The summed E-state index contributed by atoms with van der Waals surface area (Å²) in [5, 5.41) is 13.8. The molecule has 0 unspecified atom stereocenters. The number of rotatable bonds is 5. The van der Waals surface area contributed by atoms with Gasteiger partial charge in [-0.05, 0) is 50.4 Å². The standard InChI is InChI=1S/C18H24N2O2/c1-12-17(18(21)22)15-11-13(7-8-16(15)20-12)9-10-19-14-5-3-2-4-6-14/h7-8,11,14,19-20H,2-6,9-10H2,1H3,(H,21,22). The molecule has 3 rings (SSSR count). The van der Waals surface area contributed by atoms with Gasteiger partial charge in [0.15, 0.2) is 0 Å². The summed E-state index contributed by atoms with van der Waals surface area (Å²) < 4.78 is 0. The Morgan fingerprint density at radius 2 is 2.09 bits per heavy atom. The first kappa shape index (κ1) is 15.1. The Labute approximate surface area is 130 Å². The Bertz CT molecular complexity index is 669. The lowest BCUT2D eigenvalue weighted by atomic mass is 9.95. The number of H-pyrrole nitrogens is 1. The van der Waals surface area contributed by atoms with Crippen LogP contribution in [0.3, 0.4) is 0 Å². The highest BCUT2D eigenvalue weighted by molar-refractivity contribution is 6.04. The molecule has 0 amide bonds. The number of benzene rings is 1. The summed E-state index contributed by atoms with van der Waals surface area (Å²) in [6.07, 6.45) is 7.58. The van der Waals surface area contributed by atoms with E-state index in [1.807, 2.05) is 19.1 Å². The van der Waals surface area contributed by atoms with E-state index in [9.17, 15) is 9.90 Å². The summed E-state index contributed by atoms with van der Waals surface area (Å²) in [6.45, 7) is 2.77. The lowest BCUT2D eigenvalue weighted by Crippen LogP contribution is -2.32. The second-order valence-electron chi connectivity index (χ2n) is 6.35. The number of carboxylic acids is 1.